The lowest BCUT2D eigenvalue weighted by molar-refractivity contribution is 0.0999. The van der Waals surface area contributed by atoms with Gasteiger partial charge in [-0.2, -0.15) is 0 Å². The highest BCUT2D eigenvalue weighted by molar-refractivity contribution is 5.92. The van der Waals surface area contributed by atoms with Crippen molar-refractivity contribution in [2.75, 3.05) is 0 Å². The lowest BCUT2D eigenvalue weighted by Gasteiger charge is -2.11. The van der Waals surface area contributed by atoms with Gasteiger partial charge in [0.15, 0.2) is 0 Å². The number of halogens is 1. The number of ether oxygens (including phenoxy) is 1. The van der Waals surface area contributed by atoms with Crippen molar-refractivity contribution in [3.63, 3.8) is 0 Å². The van der Waals surface area contributed by atoms with Gasteiger partial charge >= 0.3 is 0 Å². The van der Waals surface area contributed by atoms with E-state index in [1.807, 2.05) is 32.0 Å². The van der Waals surface area contributed by atoms with Crippen molar-refractivity contribution in [1.29, 1.82) is 0 Å². The molecule has 2 aromatic carbocycles. The first kappa shape index (κ1) is 14.1. The van der Waals surface area contributed by atoms with Crippen LogP contribution in [0.4, 0.5) is 4.39 Å². The number of carbonyl (C=O) groups excluding carboxylic acids is 1. The number of nitrogens with two attached hydrogens (primary N) is 1. The number of amides is 1. The predicted octanol–water partition coefficient (Wildman–Crippen LogP) is 3.12. The Morgan fingerprint density at radius 1 is 1.20 bits per heavy atom. The van der Waals surface area contributed by atoms with Crippen LogP contribution in [0.5, 0.6) is 5.75 Å². The first-order valence-electron chi connectivity index (χ1n) is 6.25. The summed E-state index contributed by atoms with van der Waals surface area (Å²) >= 11 is 0. The van der Waals surface area contributed by atoms with Gasteiger partial charge in [0.1, 0.15) is 18.2 Å². The third-order valence-corrected chi connectivity index (χ3v) is 3.06. The molecule has 0 aliphatic carbocycles. The number of carbonyl (C=O) groups is 1. The van der Waals surface area contributed by atoms with E-state index in [0.29, 0.717) is 5.56 Å². The van der Waals surface area contributed by atoms with Gasteiger partial charge in [0.2, 0.25) is 5.91 Å². The van der Waals surface area contributed by atoms with Gasteiger partial charge in [-0.1, -0.05) is 18.2 Å². The summed E-state index contributed by atoms with van der Waals surface area (Å²) in [6.07, 6.45) is 0. The third-order valence-electron chi connectivity index (χ3n) is 3.06. The van der Waals surface area contributed by atoms with Gasteiger partial charge in [0.05, 0.1) is 0 Å². The Morgan fingerprint density at radius 3 is 2.60 bits per heavy atom. The SMILES string of the molecule is Cc1ccc(C)c(OCc2ccc(C(N)=O)cc2F)c1. The standard InChI is InChI=1S/C16H16FNO2/c1-10-3-4-11(2)15(7-10)20-9-13-6-5-12(16(18)19)8-14(13)17/h3-8H,9H2,1-2H3,(H2,18,19). The molecular weight excluding hydrogens is 257 g/mol. The van der Waals surface area contributed by atoms with E-state index >= 15 is 0 Å². The maximum absolute atomic E-state index is 13.8. The minimum atomic E-state index is -0.647. The molecule has 0 unspecified atom stereocenters. The van der Waals surface area contributed by atoms with E-state index in [9.17, 15) is 9.18 Å². The highest BCUT2D eigenvalue weighted by atomic mass is 19.1. The van der Waals surface area contributed by atoms with Gasteiger partial charge in [-0.15, -0.1) is 0 Å². The maximum Gasteiger partial charge on any atom is 0.248 e. The topological polar surface area (TPSA) is 52.3 Å². The molecule has 4 heteroatoms. The Balaban J connectivity index is 2.15. The van der Waals surface area contributed by atoms with Crippen LogP contribution in [0.2, 0.25) is 0 Å². The molecule has 20 heavy (non-hydrogen) atoms. The van der Waals surface area contributed by atoms with Gasteiger partial charge in [-0.05, 0) is 43.2 Å². The number of aryl methyl sites for hydroxylation is 2. The van der Waals surface area contributed by atoms with Gasteiger partial charge in [-0.25, -0.2) is 4.39 Å². The third kappa shape index (κ3) is 3.15. The van der Waals surface area contributed by atoms with E-state index in [1.54, 1.807) is 0 Å². The number of hydrogen-bond acceptors (Lipinski definition) is 2. The van der Waals surface area contributed by atoms with Crippen molar-refractivity contribution in [2.24, 2.45) is 5.73 Å². The fourth-order valence-electron chi connectivity index (χ4n) is 1.84. The van der Waals surface area contributed by atoms with E-state index in [1.165, 1.54) is 12.1 Å². The Labute approximate surface area is 117 Å². The van der Waals surface area contributed by atoms with Crippen LogP contribution in [-0.2, 0) is 6.61 Å². The largest absolute Gasteiger partial charge is 0.489 e. The molecule has 0 spiro atoms. The molecule has 2 N–H and O–H groups in total. The lowest BCUT2D eigenvalue weighted by atomic mass is 10.1. The first-order chi connectivity index (χ1) is 9.47. The number of benzene rings is 2. The van der Waals surface area contributed by atoms with Crippen molar-refractivity contribution >= 4 is 5.91 Å². The lowest BCUT2D eigenvalue weighted by Crippen LogP contribution is -2.11. The van der Waals surface area contributed by atoms with Gasteiger partial charge in [-0.3, -0.25) is 4.79 Å². The number of hydrogen-bond donors (Lipinski definition) is 1. The van der Waals surface area contributed by atoms with Gasteiger partial charge in [0, 0.05) is 11.1 Å². The molecule has 2 aromatic rings. The van der Waals surface area contributed by atoms with Crippen LogP contribution in [-0.4, -0.2) is 5.91 Å². The zero-order chi connectivity index (χ0) is 14.7. The molecular formula is C16H16FNO2. The molecule has 0 heterocycles. The molecule has 0 radical (unpaired) electrons. The maximum atomic E-state index is 13.8. The Hall–Kier alpha value is -2.36. The van der Waals surface area contributed by atoms with Crippen molar-refractivity contribution < 1.29 is 13.9 Å². The summed E-state index contributed by atoms with van der Waals surface area (Å²) in [5.41, 5.74) is 7.70. The summed E-state index contributed by atoms with van der Waals surface area (Å²) in [5.74, 6) is -0.416. The zero-order valence-electron chi connectivity index (χ0n) is 11.4. The second kappa shape index (κ2) is 5.74. The minimum absolute atomic E-state index is 0.106. The second-order valence-corrected chi connectivity index (χ2v) is 4.73. The van der Waals surface area contributed by atoms with Gasteiger partial charge in [0.25, 0.3) is 0 Å². The summed E-state index contributed by atoms with van der Waals surface area (Å²) in [4.78, 5) is 11.0. The van der Waals surface area contributed by atoms with Crippen LogP contribution in [0.1, 0.15) is 27.0 Å². The van der Waals surface area contributed by atoms with Crippen molar-refractivity contribution in [3.05, 3.63) is 64.5 Å². The van der Waals surface area contributed by atoms with Crippen LogP contribution in [0.3, 0.4) is 0 Å². The predicted molar refractivity (Wildman–Crippen MR) is 75.2 cm³/mol. The van der Waals surface area contributed by atoms with Crippen LogP contribution in [0.25, 0.3) is 0 Å². The highest BCUT2D eigenvalue weighted by Gasteiger charge is 2.08. The molecule has 0 bridgehead atoms. The molecule has 0 aliphatic heterocycles. The van der Waals surface area contributed by atoms with Crippen LogP contribution in [0.15, 0.2) is 36.4 Å². The Kier molecular flexibility index (Phi) is 4.03. The highest BCUT2D eigenvalue weighted by Crippen LogP contribution is 2.21. The molecule has 3 nitrogen and oxygen atoms in total. The van der Waals surface area contributed by atoms with Crippen molar-refractivity contribution in [3.8, 4) is 5.75 Å². The zero-order valence-corrected chi connectivity index (χ0v) is 11.4. The van der Waals surface area contributed by atoms with Crippen molar-refractivity contribution in [2.45, 2.75) is 20.5 Å². The Morgan fingerprint density at radius 2 is 1.95 bits per heavy atom. The Bertz CT molecular complexity index is 653. The number of rotatable bonds is 4. The molecule has 0 atom stereocenters. The summed E-state index contributed by atoms with van der Waals surface area (Å²) in [6, 6.07) is 9.99. The van der Waals surface area contributed by atoms with Crippen LogP contribution >= 0.6 is 0 Å². The fraction of sp³-hybridized carbons (Fsp3) is 0.188. The molecule has 0 saturated carbocycles. The van der Waals surface area contributed by atoms with E-state index in [-0.39, 0.29) is 12.2 Å². The summed E-state index contributed by atoms with van der Waals surface area (Å²) in [6.45, 7) is 4.00. The van der Waals surface area contributed by atoms with E-state index in [4.69, 9.17) is 10.5 Å². The van der Waals surface area contributed by atoms with E-state index < -0.39 is 11.7 Å². The molecule has 1 amide bonds. The summed E-state index contributed by atoms with van der Waals surface area (Å²) in [5, 5.41) is 0. The van der Waals surface area contributed by atoms with Crippen LogP contribution < -0.4 is 10.5 Å². The monoisotopic (exact) mass is 273 g/mol. The van der Waals surface area contributed by atoms with Gasteiger partial charge < -0.3 is 10.5 Å². The average Bonchev–Trinajstić information content (AvgIpc) is 2.40. The smallest absolute Gasteiger partial charge is 0.248 e. The molecule has 0 aliphatic rings. The van der Waals surface area contributed by atoms with Crippen LogP contribution in [0, 0.1) is 19.7 Å². The molecule has 0 aromatic heterocycles. The molecule has 0 fully saturated rings. The fourth-order valence-corrected chi connectivity index (χ4v) is 1.84. The molecule has 0 saturated heterocycles. The first-order valence-corrected chi connectivity index (χ1v) is 6.25. The minimum Gasteiger partial charge on any atom is -0.489 e. The normalized spacial score (nSPS) is 10.3. The van der Waals surface area contributed by atoms with E-state index in [2.05, 4.69) is 0 Å². The van der Waals surface area contributed by atoms with E-state index in [0.717, 1.165) is 22.9 Å². The van der Waals surface area contributed by atoms with Crippen molar-refractivity contribution in [1.82, 2.24) is 0 Å². The quantitative estimate of drug-likeness (QED) is 0.930. The molecule has 2 rings (SSSR count). The molecule has 104 valence electrons. The summed E-state index contributed by atoms with van der Waals surface area (Å²) in [7, 11) is 0. The average molecular weight is 273 g/mol. The second-order valence-electron chi connectivity index (χ2n) is 4.73. The number of primary amides is 1. The summed E-state index contributed by atoms with van der Waals surface area (Å²) < 4.78 is 19.4.